The molecule has 1 atom stereocenters. The molecular formula is C17H22BrFN2. The number of nitrogens with zero attached hydrogens (tertiary/aromatic N) is 1. The van der Waals surface area contributed by atoms with E-state index in [0.29, 0.717) is 18.5 Å². The van der Waals surface area contributed by atoms with Crippen molar-refractivity contribution in [1.82, 2.24) is 9.88 Å². The Kier molecular flexibility index (Phi) is 5.59. The zero-order valence-electron chi connectivity index (χ0n) is 12.7. The maximum atomic E-state index is 13.4. The van der Waals surface area contributed by atoms with Gasteiger partial charge in [-0.05, 0) is 47.9 Å². The van der Waals surface area contributed by atoms with Gasteiger partial charge in [-0.1, -0.05) is 36.7 Å². The third kappa shape index (κ3) is 4.42. The number of aromatic nitrogens is 1. The van der Waals surface area contributed by atoms with E-state index in [2.05, 4.69) is 65.0 Å². The fourth-order valence-electron chi connectivity index (χ4n) is 2.61. The topological polar surface area (TPSA) is 17.0 Å². The molecule has 0 fully saturated rings. The Morgan fingerprint density at radius 1 is 1.29 bits per heavy atom. The third-order valence-electron chi connectivity index (χ3n) is 3.51. The van der Waals surface area contributed by atoms with Crippen molar-refractivity contribution in [2.24, 2.45) is 5.92 Å². The molecule has 1 N–H and O–H groups in total. The van der Waals surface area contributed by atoms with Gasteiger partial charge in [0.25, 0.3) is 0 Å². The first kappa shape index (κ1) is 16.2. The fourth-order valence-corrected chi connectivity index (χ4v) is 3.13. The highest BCUT2D eigenvalue weighted by Gasteiger charge is 2.15. The summed E-state index contributed by atoms with van der Waals surface area (Å²) in [5.41, 5.74) is 2.23. The normalized spacial score (nSPS) is 12.9. The minimum absolute atomic E-state index is 0.209. The van der Waals surface area contributed by atoms with Gasteiger partial charge in [0.05, 0.1) is 0 Å². The number of hydrogen-bond acceptors (Lipinski definition) is 1. The van der Waals surface area contributed by atoms with Crippen molar-refractivity contribution in [2.75, 3.05) is 6.54 Å². The molecule has 4 heteroatoms. The third-order valence-corrected chi connectivity index (χ3v) is 3.97. The summed E-state index contributed by atoms with van der Waals surface area (Å²) in [6.45, 7) is 8.18. The molecule has 1 aromatic heterocycles. The van der Waals surface area contributed by atoms with Crippen LogP contribution in [0.1, 0.15) is 37.9 Å². The Balaban J connectivity index is 2.15. The van der Waals surface area contributed by atoms with Crippen molar-refractivity contribution < 1.29 is 4.39 Å². The van der Waals surface area contributed by atoms with Gasteiger partial charge in [0, 0.05) is 29.5 Å². The molecule has 1 unspecified atom stereocenters. The summed E-state index contributed by atoms with van der Waals surface area (Å²) in [6, 6.07) is 7.50. The van der Waals surface area contributed by atoms with Crippen molar-refractivity contribution in [1.29, 1.82) is 0 Å². The zero-order valence-corrected chi connectivity index (χ0v) is 14.3. The Labute approximate surface area is 134 Å². The molecule has 0 radical (unpaired) electrons. The van der Waals surface area contributed by atoms with E-state index in [9.17, 15) is 4.39 Å². The Morgan fingerprint density at radius 3 is 2.67 bits per heavy atom. The van der Waals surface area contributed by atoms with Crippen molar-refractivity contribution in [3.05, 3.63) is 58.1 Å². The van der Waals surface area contributed by atoms with Crippen LogP contribution in [-0.2, 0) is 6.54 Å². The summed E-state index contributed by atoms with van der Waals surface area (Å²) in [4.78, 5) is 0. The molecule has 0 aliphatic rings. The summed E-state index contributed by atoms with van der Waals surface area (Å²) >= 11 is 3.34. The summed E-state index contributed by atoms with van der Waals surface area (Å²) in [7, 11) is 0. The van der Waals surface area contributed by atoms with Crippen LogP contribution in [0.3, 0.4) is 0 Å². The Bertz CT molecular complexity index is 572. The molecule has 2 aromatic rings. The minimum Gasteiger partial charge on any atom is -0.350 e. The quantitative estimate of drug-likeness (QED) is 0.793. The van der Waals surface area contributed by atoms with Gasteiger partial charge in [0.1, 0.15) is 5.82 Å². The van der Waals surface area contributed by atoms with Crippen LogP contribution in [0.2, 0.25) is 0 Å². The average Bonchev–Trinajstić information content (AvgIpc) is 2.82. The second-order valence-electron chi connectivity index (χ2n) is 5.67. The first-order valence-electron chi connectivity index (χ1n) is 7.33. The van der Waals surface area contributed by atoms with E-state index < -0.39 is 0 Å². The monoisotopic (exact) mass is 352 g/mol. The summed E-state index contributed by atoms with van der Waals surface area (Å²) < 4.78 is 16.3. The van der Waals surface area contributed by atoms with Gasteiger partial charge in [-0.3, -0.25) is 0 Å². The number of hydrogen-bond donors (Lipinski definition) is 1. The molecule has 0 aliphatic carbocycles. The van der Waals surface area contributed by atoms with Crippen LogP contribution in [0, 0.1) is 11.7 Å². The lowest BCUT2D eigenvalue weighted by Gasteiger charge is -2.20. The molecule has 0 aliphatic heterocycles. The van der Waals surface area contributed by atoms with Crippen LogP contribution in [0.15, 0.2) is 41.1 Å². The molecule has 1 heterocycles. The molecule has 0 amide bonds. The van der Waals surface area contributed by atoms with Gasteiger partial charge in [0.2, 0.25) is 0 Å². The largest absolute Gasteiger partial charge is 0.350 e. The molecule has 1 aromatic carbocycles. The molecule has 114 valence electrons. The van der Waals surface area contributed by atoms with Crippen molar-refractivity contribution in [2.45, 2.75) is 33.4 Å². The maximum Gasteiger partial charge on any atom is 0.124 e. The maximum absolute atomic E-state index is 13.4. The second kappa shape index (κ2) is 7.23. The molecule has 0 bridgehead atoms. The summed E-state index contributed by atoms with van der Waals surface area (Å²) in [6.07, 6.45) is 4.20. The standard InChI is InChI=1S/C17H22BrFN2/c1-4-20-17(12(2)3)14-5-6-21(11-14)10-13-7-15(18)9-16(19)8-13/h5-9,11-12,17,20H,4,10H2,1-3H3. The first-order chi connectivity index (χ1) is 9.99. The van der Waals surface area contributed by atoms with Crippen LogP contribution in [0.5, 0.6) is 0 Å². The van der Waals surface area contributed by atoms with Gasteiger partial charge in [0.15, 0.2) is 0 Å². The number of rotatable bonds is 6. The van der Waals surface area contributed by atoms with Crippen LogP contribution < -0.4 is 5.32 Å². The van der Waals surface area contributed by atoms with Crippen molar-refractivity contribution in [3.8, 4) is 0 Å². The van der Waals surface area contributed by atoms with Gasteiger partial charge in [-0.15, -0.1) is 0 Å². The Morgan fingerprint density at radius 2 is 2.05 bits per heavy atom. The molecule has 21 heavy (non-hydrogen) atoms. The van der Waals surface area contributed by atoms with Gasteiger partial charge >= 0.3 is 0 Å². The van der Waals surface area contributed by atoms with Crippen LogP contribution in [0.4, 0.5) is 4.39 Å². The molecule has 0 spiro atoms. The van der Waals surface area contributed by atoms with Crippen LogP contribution >= 0.6 is 15.9 Å². The van der Waals surface area contributed by atoms with Crippen molar-refractivity contribution >= 4 is 15.9 Å². The zero-order chi connectivity index (χ0) is 15.4. The van der Waals surface area contributed by atoms with E-state index in [4.69, 9.17) is 0 Å². The van der Waals surface area contributed by atoms with E-state index >= 15 is 0 Å². The minimum atomic E-state index is -0.209. The summed E-state index contributed by atoms with van der Waals surface area (Å²) in [5, 5.41) is 3.51. The highest BCUT2D eigenvalue weighted by molar-refractivity contribution is 9.10. The number of nitrogens with one attached hydrogen (secondary N) is 1. The smallest absolute Gasteiger partial charge is 0.124 e. The lowest BCUT2D eigenvalue weighted by atomic mass is 9.98. The first-order valence-corrected chi connectivity index (χ1v) is 8.13. The number of benzene rings is 1. The molecule has 0 saturated heterocycles. The lowest BCUT2D eigenvalue weighted by Crippen LogP contribution is -2.25. The molecule has 0 saturated carbocycles. The Hall–Kier alpha value is -1.13. The average molecular weight is 353 g/mol. The molecule has 2 nitrogen and oxygen atoms in total. The van der Waals surface area contributed by atoms with Gasteiger partial charge < -0.3 is 9.88 Å². The van der Waals surface area contributed by atoms with Crippen molar-refractivity contribution in [3.63, 3.8) is 0 Å². The molecule has 2 rings (SSSR count). The van der Waals surface area contributed by atoms with Crippen LogP contribution in [0.25, 0.3) is 0 Å². The van der Waals surface area contributed by atoms with E-state index in [1.165, 1.54) is 11.6 Å². The van der Waals surface area contributed by atoms with Gasteiger partial charge in [-0.2, -0.15) is 0 Å². The lowest BCUT2D eigenvalue weighted by molar-refractivity contribution is 0.421. The highest BCUT2D eigenvalue weighted by Crippen LogP contribution is 2.23. The second-order valence-corrected chi connectivity index (χ2v) is 6.59. The van der Waals surface area contributed by atoms with E-state index in [1.807, 2.05) is 6.07 Å². The SMILES string of the molecule is CCNC(c1ccn(Cc2cc(F)cc(Br)c2)c1)C(C)C. The highest BCUT2D eigenvalue weighted by atomic mass is 79.9. The van der Waals surface area contributed by atoms with Crippen LogP contribution in [-0.4, -0.2) is 11.1 Å². The fraction of sp³-hybridized carbons (Fsp3) is 0.412. The van der Waals surface area contributed by atoms with Gasteiger partial charge in [-0.25, -0.2) is 4.39 Å². The van der Waals surface area contributed by atoms with E-state index in [0.717, 1.165) is 16.6 Å². The predicted octanol–water partition coefficient (Wildman–Crippen LogP) is 4.74. The predicted molar refractivity (Wildman–Crippen MR) is 88.9 cm³/mol. The summed E-state index contributed by atoms with van der Waals surface area (Å²) in [5.74, 6) is 0.323. The van der Waals surface area contributed by atoms with E-state index in [1.54, 1.807) is 6.07 Å². The molecular weight excluding hydrogens is 331 g/mol. The number of halogens is 2. The van der Waals surface area contributed by atoms with E-state index in [-0.39, 0.29) is 5.82 Å².